The van der Waals surface area contributed by atoms with Crippen LogP contribution >= 0.6 is 27.7 Å². The van der Waals surface area contributed by atoms with Crippen LogP contribution in [0.4, 0.5) is 0 Å². The summed E-state index contributed by atoms with van der Waals surface area (Å²) in [7, 11) is 0. The largest absolute Gasteiger partial charge is 0.339 e. The Morgan fingerprint density at radius 3 is 2.76 bits per heavy atom. The average Bonchev–Trinajstić information content (AvgIpc) is 2.82. The molecule has 116 valence electrons. The molecule has 1 amide bonds. The van der Waals surface area contributed by atoms with Gasteiger partial charge in [0, 0.05) is 22.0 Å². The van der Waals surface area contributed by atoms with Gasteiger partial charge in [0.15, 0.2) is 0 Å². The van der Waals surface area contributed by atoms with Crippen molar-refractivity contribution in [2.75, 3.05) is 18.8 Å². The molecule has 1 fully saturated rings. The summed E-state index contributed by atoms with van der Waals surface area (Å²) in [5.74, 6) is 1.19. The first-order valence-electron chi connectivity index (χ1n) is 7.31. The van der Waals surface area contributed by atoms with Gasteiger partial charge in [0.2, 0.25) is 5.91 Å². The third kappa shape index (κ3) is 4.02. The van der Waals surface area contributed by atoms with Gasteiger partial charge in [-0.2, -0.15) is 0 Å². The average molecular weight is 371 g/mol. The third-order valence-corrected chi connectivity index (χ3v) is 6.12. The topological polar surface area (TPSA) is 46.3 Å². The summed E-state index contributed by atoms with van der Waals surface area (Å²) in [6, 6.07) is 4.58. The highest BCUT2D eigenvalue weighted by molar-refractivity contribution is 9.10. The molecule has 1 saturated heterocycles. The zero-order valence-corrected chi connectivity index (χ0v) is 15.3. The van der Waals surface area contributed by atoms with Gasteiger partial charge in [-0.15, -0.1) is 11.8 Å². The van der Waals surface area contributed by atoms with E-state index in [-0.39, 0.29) is 5.91 Å². The molecule has 0 bridgehead atoms. The molecule has 0 radical (unpaired) electrons. The third-order valence-electron chi connectivity index (χ3n) is 4.12. The minimum absolute atomic E-state index is 0.225. The first-order chi connectivity index (χ1) is 9.92. The lowest BCUT2D eigenvalue weighted by Crippen LogP contribution is -2.35. The number of thioether (sulfide) groups is 1. The van der Waals surface area contributed by atoms with Crippen LogP contribution in [-0.4, -0.2) is 35.7 Å². The second-order valence-electron chi connectivity index (χ2n) is 5.89. The van der Waals surface area contributed by atoms with Crippen molar-refractivity contribution in [2.24, 2.45) is 11.7 Å². The molecule has 1 aliphatic heterocycles. The van der Waals surface area contributed by atoms with Gasteiger partial charge in [0.25, 0.3) is 0 Å². The normalized spacial score (nSPS) is 21.9. The Hall–Kier alpha value is -0.520. The smallest absolute Gasteiger partial charge is 0.233 e. The molecule has 2 rings (SSSR count). The number of aryl methyl sites for hydroxylation is 2. The molecule has 3 nitrogen and oxygen atoms in total. The van der Waals surface area contributed by atoms with Crippen molar-refractivity contribution in [3.8, 4) is 0 Å². The Bertz CT molecular complexity index is 535. The number of nitrogens with two attached hydrogens (primary N) is 1. The van der Waals surface area contributed by atoms with Crippen molar-refractivity contribution in [1.82, 2.24) is 4.90 Å². The van der Waals surface area contributed by atoms with Crippen LogP contribution in [0.5, 0.6) is 0 Å². The second kappa shape index (κ2) is 7.16. The van der Waals surface area contributed by atoms with Crippen molar-refractivity contribution >= 4 is 33.6 Å². The molecule has 1 aromatic carbocycles. The van der Waals surface area contributed by atoms with Gasteiger partial charge >= 0.3 is 0 Å². The summed E-state index contributed by atoms with van der Waals surface area (Å²) in [5.41, 5.74) is 8.14. The van der Waals surface area contributed by atoms with Gasteiger partial charge in [0.05, 0.1) is 5.75 Å². The van der Waals surface area contributed by atoms with Crippen molar-refractivity contribution in [3.63, 3.8) is 0 Å². The van der Waals surface area contributed by atoms with Crippen LogP contribution in [0, 0.1) is 19.8 Å². The fourth-order valence-electron chi connectivity index (χ4n) is 2.79. The standard InChI is InChI=1S/C16H23BrN2OS/c1-10-5-15(11(2)4-14(10)17)21-9-16(20)19-8-13(7-18)6-12(19)3/h4-5,12-13H,6-9,18H2,1-3H3. The highest BCUT2D eigenvalue weighted by Crippen LogP contribution is 2.29. The van der Waals surface area contributed by atoms with Crippen molar-refractivity contribution in [1.29, 1.82) is 0 Å². The van der Waals surface area contributed by atoms with Gasteiger partial charge in [-0.1, -0.05) is 15.9 Å². The zero-order chi connectivity index (χ0) is 15.6. The summed E-state index contributed by atoms with van der Waals surface area (Å²) in [5, 5.41) is 0. The van der Waals surface area contributed by atoms with Gasteiger partial charge in [-0.05, 0) is 62.9 Å². The monoisotopic (exact) mass is 370 g/mol. The van der Waals surface area contributed by atoms with Crippen molar-refractivity contribution < 1.29 is 4.79 Å². The Kier molecular flexibility index (Phi) is 5.74. The Morgan fingerprint density at radius 1 is 1.43 bits per heavy atom. The van der Waals surface area contributed by atoms with E-state index in [2.05, 4.69) is 48.8 Å². The van der Waals surface area contributed by atoms with Crippen LogP contribution in [0.15, 0.2) is 21.5 Å². The zero-order valence-electron chi connectivity index (χ0n) is 12.9. The molecule has 0 spiro atoms. The maximum atomic E-state index is 12.4. The number of amides is 1. The van der Waals surface area contributed by atoms with Crippen molar-refractivity contribution in [3.05, 3.63) is 27.7 Å². The Balaban J connectivity index is 1.97. The summed E-state index contributed by atoms with van der Waals surface area (Å²) >= 11 is 5.17. The number of rotatable bonds is 4. The van der Waals surface area contributed by atoms with E-state index >= 15 is 0 Å². The molecule has 1 aliphatic rings. The van der Waals surface area contributed by atoms with Gasteiger partial charge in [-0.25, -0.2) is 0 Å². The van der Waals surface area contributed by atoms with E-state index in [1.807, 2.05) is 4.90 Å². The summed E-state index contributed by atoms with van der Waals surface area (Å²) < 4.78 is 1.12. The van der Waals surface area contributed by atoms with Gasteiger partial charge in [-0.3, -0.25) is 4.79 Å². The number of nitrogens with zero attached hydrogens (tertiary/aromatic N) is 1. The minimum atomic E-state index is 0.225. The van der Waals surface area contributed by atoms with Gasteiger partial charge < -0.3 is 10.6 Å². The lowest BCUT2D eigenvalue weighted by molar-refractivity contribution is -0.128. The van der Waals surface area contributed by atoms with E-state index in [4.69, 9.17) is 5.73 Å². The number of carbonyl (C=O) groups excluding carboxylic acids is 1. The molecule has 5 heteroatoms. The molecule has 2 atom stereocenters. The van der Waals surface area contributed by atoms with Gasteiger partial charge in [0.1, 0.15) is 0 Å². The number of carbonyl (C=O) groups is 1. The van der Waals surface area contributed by atoms with E-state index in [1.54, 1.807) is 11.8 Å². The highest BCUT2D eigenvalue weighted by Gasteiger charge is 2.31. The highest BCUT2D eigenvalue weighted by atomic mass is 79.9. The maximum Gasteiger partial charge on any atom is 0.233 e. The summed E-state index contributed by atoms with van der Waals surface area (Å²) in [6.07, 6.45) is 1.03. The van der Waals surface area contributed by atoms with E-state index in [1.165, 1.54) is 16.0 Å². The van der Waals surface area contributed by atoms with Crippen LogP contribution < -0.4 is 5.73 Å². The number of hydrogen-bond donors (Lipinski definition) is 1. The minimum Gasteiger partial charge on any atom is -0.339 e. The molecule has 0 aromatic heterocycles. The Labute approximate surface area is 139 Å². The van der Waals surface area contributed by atoms with E-state index in [0.717, 1.165) is 17.4 Å². The molecule has 2 unspecified atom stereocenters. The number of likely N-dealkylation sites (tertiary alicyclic amines) is 1. The lowest BCUT2D eigenvalue weighted by Gasteiger charge is -2.21. The Morgan fingerprint density at radius 2 is 2.14 bits per heavy atom. The number of halogens is 1. The molecular formula is C16H23BrN2OS. The molecule has 21 heavy (non-hydrogen) atoms. The molecule has 1 aromatic rings. The van der Waals surface area contributed by atoms with Crippen LogP contribution in [-0.2, 0) is 4.79 Å². The summed E-state index contributed by atoms with van der Waals surface area (Å²) in [4.78, 5) is 15.6. The SMILES string of the molecule is Cc1cc(SCC(=O)N2CC(CN)CC2C)c(C)cc1Br. The lowest BCUT2D eigenvalue weighted by atomic mass is 10.1. The van der Waals surface area contributed by atoms with Crippen LogP contribution in [0.2, 0.25) is 0 Å². The predicted molar refractivity (Wildman–Crippen MR) is 92.7 cm³/mol. The molecule has 2 N–H and O–H groups in total. The van der Waals surface area contributed by atoms with E-state index in [0.29, 0.717) is 24.3 Å². The van der Waals surface area contributed by atoms with E-state index < -0.39 is 0 Å². The first kappa shape index (κ1) is 16.8. The maximum absolute atomic E-state index is 12.4. The quantitative estimate of drug-likeness (QED) is 0.826. The van der Waals surface area contributed by atoms with Crippen LogP contribution in [0.3, 0.4) is 0 Å². The number of hydrogen-bond acceptors (Lipinski definition) is 3. The molecular weight excluding hydrogens is 348 g/mol. The van der Waals surface area contributed by atoms with Crippen molar-refractivity contribution in [2.45, 2.75) is 38.1 Å². The fourth-order valence-corrected chi connectivity index (χ4v) is 4.24. The first-order valence-corrected chi connectivity index (χ1v) is 9.09. The fraction of sp³-hybridized carbons (Fsp3) is 0.562. The van der Waals surface area contributed by atoms with Crippen LogP contribution in [0.25, 0.3) is 0 Å². The number of benzene rings is 1. The van der Waals surface area contributed by atoms with Crippen LogP contribution in [0.1, 0.15) is 24.5 Å². The van der Waals surface area contributed by atoms with E-state index in [9.17, 15) is 4.79 Å². The summed E-state index contributed by atoms with van der Waals surface area (Å²) in [6.45, 7) is 7.76. The molecule has 0 aliphatic carbocycles. The predicted octanol–water partition coefficient (Wildman–Crippen LogP) is 3.35. The molecule has 0 saturated carbocycles. The molecule has 1 heterocycles. The second-order valence-corrected chi connectivity index (χ2v) is 7.76.